The predicted octanol–water partition coefficient (Wildman–Crippen LogP) is 5.24. The van der Waals surface area contributed by atoms with Crippen molar-refractivity contribution in [3.63, 3.8) is 0 Å². The molecule has 1 atom stereocenters. The highest BCUT2D eigenvalue weighted by Gasteiger charge is 2.18. The number of aliphatic carboxylic acids is 1. The molecule has 0 saturated heterocycles. The molecule has 0 amide bonds. The van der Waals surface area contributed by atoms with E-state index in [9.17, 15) is 9.90 Å². The van der Waals surface area contributed by atoms with E-state index in [1.807, 2.05) is 30.3 Å². The number of ether oxygens (including phenoxy) is 2. The van der Waals surface area contributed by atoms with Gasteiger partial charge in [0.25, 0.3) is 0 Å². The Kier molecular flexibility index (Phi) is 6.48. The summed E-state index contributed by atoms with van der Waals surface area (Å²) in [5.41, 5.74) is 7.56. The number of fused-ring (bicyclic) bond motifs is 3. The Labute approximate surface area is 182 Å². The molecule has 0 saturated carbocycles. The van der Waals surface area contributed by atoms with Crippen LogP contribution in [-0.2, 0) is 22.4 Å². The van der Waals surface area contributed by atoms with Crippen LogP contribution in [0, 0.1) is 5.92 Å². The quantitative estimate of drug-likeness (QED) is 0.407. The van der Waals surface area contributed by atoms with Crippen LogP contribution in [0.1, 0.15) is 22.3 Å². The van der Waals surface area contributed by atoms with Gasteiger partial charge in [0.1, 0.15) is 12.4 Å². The predicted molar refractivity (Wildman–Crippen MR) is 122 cm³/mol. The molecule has 4 rings (SSSR count). The van der Waals surface area contributed by atoms with Crippen molar-refractivity contribution >= 4 is 12.0 Å². The molecule has 0 bridgehead atoms. The minimum Gasteiger partial charge on any atom is -0.490 e. The van der Waals surface area contributed by atoms with Gasteiger partial charge in [0, 0.05) is 7.11 Å². The minimum atomic E-state index is -0.845. The number of methoxy groups -OCH3 is 1. The van der Waals surface area contributed by atoms with E-state index in [1.165, 1.54) is 34.9 Å². The summed E-state index contributed by atoms with van der Waals surface area (Å²) in [7, 11) is 1.52. The molecule has 1 aliphatic rings. The second kappa shape index (κ2) is 9.63. The lowest BCUT2D eigenvalue weighted by atomic mass is 10.0. The van der Waals surface area contributed by atoms with Crippen LogP contribution in [0.15, 0.2) is 72.8 Å². The lowest BCUT2D eigenvalue weighted by molar-refractivity contribution is -0.143. The van der Waals surface area contributed by atoms with Gasteiger partial charge in [-0.25, -0.2) is 0 Å². The average molecular weight is 415 g/mol. The molecule has 4 heteroatoms. The Morgan fingerprint density at radius 2 is 1.81 bits per heavy atom. The first-order valence-corrected chi connectivity index (χ1v) is 10.5. The molecule has 1 unspecified atom stereocenters. The van der Waals surface area contributed by atoms with Gasteiger partial charge in [-0.15, -0.1) is 0 Å². The molecule has 31 heavy (non-hydrogen) atoms. The fraction of sp³-hybridized carbons (Fsp3) is 0.222. The summed E-state index contributed by atoms with van der Waals surface area (Å²) in [5.74, 6) is -0.626. The van der Waals surface area contributed by atoms with Crippen LogP contribution < -0.4 is 4.74 Å². The SMILES string of the molecule is COCC(Cc1ccc(OCC=Cc2ccc3c(c2)Cc2ccccc2-3)cc1)C(=O)O. The fourth-order valence-corrected chi connectivity index (χ4v) is 4.02. The average Bonchev–Trinajstić information content (AvgIpc) is 3.15. The lowest BCUT2D eigenvalue weighted by Gasteiger charge is -2.11. The molecular weight excluding hydrogens is 388 g/mol. The smallest absolute Gasteiger partial charge is 0.309 e. The third-order valence-corrected chi connectivity index (χ3v) is 5.60. The molecule has 3 aromatic rings. The number of benzene rings is 3. The second-order valence-corrected chi connectivity index (χ2v) is 7.80. The number of rotatable bonds is 9. The number of hydrogen-bond donors (Lipinski definition) is 1. The maximum atomic E-state index is 11.3. The van der Waals surface area contributed by atoms with Gasteiger partial charge in [0.2, 0.25) is 0 Å². The van der Waals surface area contributed by atoms with Gasteiger partial charge < -0.3 is 14.6 Å². The van der Waals surface area contributed by atoms with Crippen molar-refractivity contribution < 1.29 is 19.4 Å². The monoisotopic (exact) mass is 414 g/mol. The maximum absolute atomic E-state index is 11.3. The summed E-state index contributed by atoms with van der Waals surface area (Å²) < 4.78 is 10.8. The Morgan fingerprint density at radius 1 is 1.03 bits per heavy atom. The van der Waals surface area contributed by atoms with E-state index < -0.39 is 11.9 Å². The molecule has 1 aliphatic carbocycles. The zero-order valence-corrected chi connectivity index (χ0v) is 17.6. The van der Waals surface area contributed by atoms with Crippen LogP contribution in [0.5, 0.6) is 5.75 Å². The Bertz CT molecular complexity index is 1080. The topological polar surface area (TPSA) is 55.8 Å². The van der Waals surface area contributed by atoms with E-state index in [0.29, 0.717) is 13.0 Å². The van der Waals surface area contributed by atoms with Gasteiger partial charge in [0.05, 0.1) is 12.5 Å². The number of carboxylic acid groups (broad SMARTS) is 1. The van der Waals surface area contributed by atoms with Crippen molar-refractivity contribution in [1.29, 1.82) is 0 Å². The molecular formula is C27H26O4. The molecule has 0 aromatic heterocycles. The van der Waals surface area contributed by atoms with Crippen molar-refractivity contribution in [3.05, 3.63) is 95.1 Å². The highest BCUT2D eigenvalue weighted by molar-refractivity contribution is 5.78. The standard InChI is InChI=1S/C27H26O4/c1-30-18-23(27(28)29)16-20-8-11-24(12-9-20)31-14-4-5-19-10-13-26-22(15-19)17-21-6-2-3-7-25(21)26/h2-13,15,23H,14,16-18H2,1H3,(H,28,29). The normalized spacial score (nSPS) is 13.1. The first-order chi connectivity index (χ1) is 15.1. The molecule has 4 nitrogen and oxygen atoms in total. The van der Waals surface area contributed by atoms with E-state index in [-0.39, 0.29) is 6.61 Å². The minimum absolute atomic E-state index is 0.202. The van der Waals surface area contributed by atoms with E-state index in [2.05, 4.69) is 48.5 Å². The zero-order valence-electron chi connectivity index (χ0n) is 17.6. The third kappa shape index (κ3) is 5.04. The van der Waals surface area contributed by atoms with Crippen molar-refractivity contribution in [2.45, 2.75) is 12.8 Å². The first-order valence-electron chi connectivity index (χ1n) is 10.5. The number of carbonyl (C=O) groups is 1. The molecule has 0 heterocycles. The Hall–Kier alpha value is -3.37. The van der Waals surface area contributed by atoms with Crippen LogP contribution in [0.4, 0.5) is 0 Å². The zero-order chi connectivity index (χ0) is 21.6. The molecule has 158 valence electrons. The Balaban J connectivity index is 1.31. The van der Waals surface area contributed by atoms with E-state index in [4.69, 9.17) is 9.47 Å². The first kappa shape index (κ1) is 20.9. The lowest BCUT2D eigenvalue weighted by Crippen LogP contribution is -2.21. The van der Waals surface area contributed by atoms with Gasteiger partial charge in [-0.3, -0.25) is 4.79 Å². The van der Waals surface area contributed by atoms with Crippen molar-refractivity contribution in [2.24, 2.45) is 5.92 Å². The number of carboxylic acids is 1. The van der Waals surface area contributed by atoms with Crippen LogP contribution in [-0.4, -0.2) is 31.4 Å². The summed E-state index contributed by atoms with van der Waals surface area (Å²) in [6.45, 7) is 0.672. The highest BCUT2D eigenvalue weighted by Crippen LogP contribution is 2.36. The van der Waals surface area contributed by atoms with Gasteiger partial charge in [-0.05, 0) is 64.4 Å². The fourth-order valence-electron chi connectivity index (χ4n) is 4.02. The van der Waals surface area contributed by atoms with Crippen LogP contribution >= 0.6 is 0 Å². The molecule has 0 fully saturated rings. The second-order valence-electron chi connectivity index (χ2n) is 7.80. The van der Waals surface area contributed by atoms with Gasteiger partial charge in [-0.2, -0.15) is 0 Å². The van der Waals surface area contributed by atoms with Crippen molar-refractivity contribution in [2.75, 3.05) is 20.3 Å². The van der Waals surface area contributed by atoms with E-state index in [0.717, 1.165) is 17.7 Å². The van der Waals surface area contributed by atoms with Crippen LogP contribution in [0.2, 0.25) is 0 Å². The molecule has 1 N–H and O–H groups in total. The summed E-state index contributed by atoms with van der Waals surface area (Å²) in [6, 6.07) is 22.7. The molecule has 0 aliphatic heterocycles. The van der Waals surface area contributed by atoms with Crippen molar-refractivity contribution in [3.8, 4) is 16.9 Å². The Morgan fingerprint density at radius 3 is 2.58 bits per heavy atom. The van der Waals surface area contributed by atoms with Crippen LogP contribution in [0.3, 0.4) is 0 Å². The summed E-state index contributed by atoms with van der Waals surface area (Å²) in [5, 5.41) is 9.24. The number of hydrogen-bond acceptors (Lipinski definition) is 3. The highest BCUT2D eigenvalue weighted by atomic mass is 16.5. The third-order valence-electron chi connectivity index (χ3n) is 5.60. The van der Waals surface area contributed by atoms with E-state index in [1.54, 1.807) is 0 Å². The van der Waals surface area contributed by atoms with Crippen LogP contribution in [0.25, 0.3) is 17.2 Å². The summed E-state index contributed by atoms with van der Waals surface area (Å²) in [4.78, 5) is 11.3. The maximum Gasteiger partial charge on any atom is 0.309 e. The molecule has 3 aromatic carbocycles. The van der Waals surface area contributed by atoms with E-state index >= 15 is 0 Å². The van der Waals surface area contributed by atoms with Gasteiger partial charge in [-0.1, -0.05) is 60.7 Å². The molecule has 0 radical (unpaired) electrons. The van der Waals surface area contributed by atoms with Gasteiger partial charge in [0.15, 0.2) is 0 Å². The van der Waals surface area contributed by atoms with Gasteiger partial charge >= 0.3 is 5.97 Å². The van der Waals surface area contributed by atoms with Crippen molar-refractivity contribution in [1.82, 2.24) is 0 Å². The summed E-state index contributed by atoms with van der Waals surface area (Å²) >= 11 is 0. The summed E-state index contributed by atoms with van der Waals surface area (Å²) in [6.07, 6.45) is 5.52. The molecule has 0 spiro atoms. The largest absolute Gasteiger partial charge is 0.490 e.